The summed E-state index contributed by atoms with van der Waals surface area (Å²) in [6, 6.07) is 11.0. The van der Waals surface area contributed by atoms with Crippen molar-refractivity contribution in [3.8, 4) is 11.3 Å². The van der Waals surface area contributed by atoms with Gasteiger partial charge >= 0.3 is 0 Å². The highest BCUT2D eigenvalue weighted by molar-refractivity contribution is 5.60. The van der Waals surface area contributed by atoms with Crippen LogP contribution in [0.15, 0.2) is 42.6 Å². The monoisotopic (exact) mass is 258 g/mol. The summed E-state index contributed by atoms with van der Waals surface area (Å²) in [5.74, 6) is -0.231. The first-order valence-electron chi connectivity index (χ1n) is 6.66. The van der Waals surface area contributed by atoms with E-state index in [4.69, 9.17) is 0 Å². The van der Waals surface area contributed by atoms with Crippen molar-refractivity contribution in [2.45, 2.75) is 26.3 Å². The largest absolute Gasteiger partial charge is 0.310 e. The maximum Gasteiger partial charge on any atom is 0.132 e. The first-order chi connectivity index (χ1) is 9.22. The van der Waals surface area contributed by atoms with Gasteiger partial charge in [0.05, 0.1) is 5.69 Å². The predicted molar refractivity (Wildman–Crippen MR) is 76.3 cm³/mol. The molecule has 3 heteroatoms. The molecule has 100 valence electrons. The van der Waals surface area contributed by atoms with E-state index in [1.165, 1.54) is 6.07 Å². The van der Waals surface area contributed by atoms with Gasteiger partial charge in [-0.1, -0.05) is 19.1 Å². The molecular weight excluding hydrogens is 239 g/mol. The molecule has 1 aromatic heterocycles. The molecule has 1 atom stereocenters. The molecule has 1 aromatic carbocycles. The molecule has 2 nitrogen and oxygen atoms in total. The maximum atomic E-state index is 13.9. The lowest BCUT2D eigenvalue weighted by Gasteiger charge is -2.15. The van der Waals surface area contributed by atoms with Crippen LogP contribution in [0, 0.1) is 5.82 Å². The summed E-state index contributed by atoms with van der Waals surface area (Å²) in [6.07, 6.45) is 2.76. The molecule has 0 amide bonds. The second-order valence-electron chi connectivity index (χ2n) is 4.63. The minimum atomic E-state index is -0.231. The third-order valence-electron chi connectivity index (χ3n) is 3.13. The maximum absolute atomic E-state index is 13.9. The van der Waals surface area contributed by atoms with Crippen molar-refractivity contribution in [3.63, 3.8) is 0 Å². The molecule has 0 spiro atoms. The van der Waals surface area contributed by atoms with Crippen LogP contribution in [0.4, 0.5) is 4.39 Å². The second-order valence-corrected chi connectivity index (χ2v) is 4.63. The molecule has 1 N–H and O–H groups in total. The van der Waals surface area contributed by atoms with Crippen LogP contribution >= 0.6 is 0 Å². The van der Waals surface area contributed by atoms with Gasteiger partial charge in [-0.2, -0.15) is 0 Å². The number of pyridine rings is 1. The minimum absolute atomic E-state index is 0.211. The Morgan fingerprint density at radius 3 is 2.79 bits per heavy atom. The zero-order chi connectivity index (χ0) is 13.7. The molecule has 0 saturated carbocycles. The molecular formula is C16H19FN2. The van der Waals surface area contributed by atoms with Crippen molar-refractivity contribution < 1.29 is 4.39 Å². The molecule has 1 heterocycles. The number of aromatic nitrogens is 1. The van der Waals surface area contributed by atoms with Gasteiger partial charge in [0, 0.05) is 17.8 Å². The Hall–Kier alpha value is -1.74. The molecule has 2 aromatic rings. The van der Waals surface area contributed by atoms with E-state index in [1.54, 1.807) is 6.20 Å². The highest BCUT2D eigenvalue weighted by atomic mass is 19.1. The molecule has 0 fully saturated rings. The van der Waals surface area contributed by atoms with E-state index in [0.717, 1.165) is 18.5 Å². The number of hydrogen-bond acceptors (Lipinski definition) is 2. The fourth-order valence-corrected chi connectivity index (χ4v) is 2.01. The third-order valence-corrected chi connectivity index (χ3v) is 3.13. The van der Waals surface area contributed by atoms with Gasteiger partial charge in [-0.15, -0.1) is 0 Å². The standard InChI is InChI=1S/C16H19FN2/c1-3-9-18-12(2)13-7-8-15(17)14(11-13)16-6-4-5-10-19-16/h4-8,10-12,18H,3,9H2,1-2H3. The molecule has 0 aliphatic rings. The first kappa shape index (κ1) is 13.7. The van der Waals surface area contributed by atoms with E-state index in [-0.39, 0.29) is 11.9 Å². The Morgan fingerprint density at radius 1 is 1.26 bits per heavy atom. The zero-order valence-electron chi connectivity index (χ0n) is 11.4. The summed E-state index contributed by atoms with van der Waals surface area (Å²) in [5.41, 5.74) is 2.31. The van der Waals surface area contributed by atoms with Crippen LogP contribution in [-0.2, 0) is 0 Å². The Kier molecular flexibility index (Phi) is 4.63. The molecule has 0 aliphatic carbocycles. The second kappa shape index (κ2) is 6.43. The van der Waals surface area contributed by atoms with Crippen LogP contribution in [0.1, 0.15) is 31.9 Å². The van der Waals surface area contributed by atoms with Gasteiger partial charge in [-0.25, -0.2) is 4.39 Å². The lowest BCUT2D eigenvalue weighted by atomic mass is 10.0. The zero-order valence-corrected chi connectivity index (χ0v) is 11.4. The number of benzene rings is 1. The van der Waals surface area contributed by atoms with Crippen molar-refractivity contribution in [2.24, 2.45) is 0 Å². The van der Waals surface area contributed by atoms with Gasteiger partial charge in [-0.3, -0.25) is 4.98 Å². The lowest BCUT2D eigenvalue weighted by molar-refractivity contribution is 0.568. The summed E-state index contributed by atoms with van der Waals surface area (Å²) >= 11 is 0. The number of hydrogen-bond donors (Lipinski definition) is 1. The first-order valence-corrected chi connectivity index (χ1v) is 6.66. The predicted octanol–water partition coefficient (Wildman–Crippen LogP) is 3.95. The van der Waals surface area contributed by atoms with Crippen LogP contribution in [0.25, 0.3) is 11.3 Å². The number of nitrogens with zero attached hydrogens (tertiary/aromatic N) is 1. The van der Waals surface area contributed by atoms with Gasteiger partial charge < -0.3 is 5.32 Å². The molecule has 2 rings (SSSR count). The van der Waals surface area contributed by atoms with E-state index in [2.05, 4.69) is 24.1 Å². The lowest BCUT2D eigenvalue weighted by Crippen LogP contribution is -2.19. The van der Waals surface area contributed by atoms with E-state index < -0.39 is 0 Å². The van der Waals surface area contributed by atoms with Crippen LogP contribution in [0.3, 0.4) is 0 Å². The smallest absolute Gasteiger partial charge is 0.132 e. The Bertz CT molecular complexity index is 526. The topological polar surface area (TPSA) is 24.9 Å². The van der Waals surface area contributed by atoms with Crippen molar-refractivity contribution >= 4 is 0 Å². The van der Waals surface area contributed by atoms with E-state index in [1.807, 2.05) is 30.3 Å². The summed E-state index contributed by atoms with van der Waals surface area (Å²) in [6.45, 7) is 5.17. The van der Waals surface area contributed by atoms with Crippen LogP contribution in [-0.4, -0.2) is 11.5 Å². The molecule has 0 aliphatic heterocycles. The van der Waals surface area contributed by atoms with Crippen molar-refractivity contribution in [3.05, 3.63) is 54.0 Å². The van der Waals surface area contributed by atoms with Crippen molar-refractivity contribution in [1.29, 1.82) is 0 Å². The summed E-state index contributed by atoms with van der Waals surface area (Å²) in [7, 11) is 0. The fraction of sp³-hybridized carbons (Fsp3) is 0.312. The SMILES string of the molecule is CCCNC(C)c1ccc(F)c(-c2ccccn2)c1. The van der Waals surface area contributed by atoms with Crippen LogP contribution < -0.4 is 5.32 Å². The number of nitrogens with one attached hydrogen (secondary N) is 1. The Morgan fingerprint density at radius 2 is 2.11 bits per heavy atom. The summed E-state index contributed by atoms with van der Waals surface area (Å²) in [4.78, 5) is 4.21. The molecule has 0 saturated heterocycles. The number of rotatable bonds is 5. The fourth-order valence-electron chi connectivity index (χ4n) is 2.01. The minimum Gasteiger partial charge on any atom is -0.310 e. The molecule has 0 radical (unpaired) electrons. The third kappa shape index (κ3) is 3.38. The summed E-state index contributed by atoms with van der Waals surface area (Å²) < 4.78 is 13.9. The van der Waals surface area contributed by atoms with Gasteiger partial charge in [-0.05, 0) is 49.7 Å². The quantitative estimate of drug-likeness (QED) is 0.878. The molecule has 1 unspecified atom stereocenters. The van der Waals surface area contributed by atoms with Crippen LogP contribution in [0.2, 0.25) is 0 Å². The Balaban J connectivity index is 2.30. The molecule has 0 bridgehead atoms. The van der Waals surface area contributed by atoms with E-state index >= 15 is 0 Å². The van der Waals surface area contributed by atoms with E-state index in [9.17, 15) is 4.39 Å². The highest BCUT2D eigenvalue weighted by Crippen LogP contribution is 2.24. The summed E-state index contributed by atoms with van der Waals surface area (Å²) in [5, 5.41) is 3.40. The average molecular weight is 258 g/mol. The van der Waals surface area contributed by atoms with Crippen molar-refractivity contribution in [1.82, 2.24) is 10.3 Å². The van der Waals surface area contributed by atoms with Crippen LogP contribution in [0.5, 0.6) is 0 Å². The van der Waals surface area contributed by atoms with Gasteiger partial charge in [0.15, 0.2) is 0 Å². The normalized spacial score (nSPS) is 12.4. The Labute approximate surface area is 113 Å². The molecule has 19 heavy (non-hydrogen) atoms. The van der Waals surface area contributed by atoms with Crippen molar-refractivity contribution in [2.75, 3.05) is 6.54 Å². The van der Waals surface area contributed by atoms with Gasteiger partial charge in [0.2, 0.25) is 0 Å². The van der Waals surface area contributed by atoms with Gasteiger partial charge in [0.25, 0.3) is 0 Å². The van der Waals surface area contributed by atoms with Gasteiger partial charge in [0.1, 0.15) is 5.82 Å². The average Bonchev–Trinajstić information content (AvgIpc) is 2.46. The number of halogens is 1. The van der Waals surface area contributed by atoms with E-state index in [0.29, 0.717) is 11.3 Å². The highest BCUT2D eigenvalue weighted by Gasteiger charge is 2.10.